The minimum atomic E-state index is -1.08. The van der Waals surface area contributed by atoms with Crippen molar-refractivity contribution in [2.75, 3.05) is 5.32 Å². The van der Waals surface area contributed by atoms with E-state index >= 15 is 0 Å². The van der Waals surface area contributed by atoms with Gasteiger partial charge in [-0.3, -0.25) is 4.79 Å². The van der Waals surface area contributed by atoms with Gasteiger partial charge in [-0.1, -0.05) is 15.9 Å². The monoisotopic (exact) mass is 286 g/mol. The second-order valence-corrected chi connectivity index (χ2v) is 4.08. The molecule has 1 aromatic carbocycles. The highest BCUT2D eigenvalue weighted by molar-refractivity contribution is 9.10. The van der Waals surface area contributed by atoms with Crippen LogP contribution in [0.25, 0.3) is 0 Å². The van der Waals surface area contributed by atoms with E-state index in [4.69, 9.17) is 5.11 Å². The summed E-state index contributed by atoms with van der Waals surface area (Å²) in [6.07, 6.45) is 0. The molecular weight excluding hydrogens is 276 g/mol. The molecule has 0 fully saturated rings. The van der Waals surface area contributed by atoms with Crippen molar-refractivity contribution < 1.29 is 14.7 Å². The van der Waals surface area contributed by atoms with Gasteiger partial charge >= 0.3 is 12.0 Å². The number of benzene rings is 1. The highest BCUT2D eigenvalue weighted by Gasteiger charge is 2.13. The van der Waals surface area contributed by atoms with E-state index in [0.29, 0.717) is 5.69 Å². The summed E-state index contributed by atoms with van der Waals surface area (Å²) in [7, 11) is 0. The summed E-state index contributed by atoms with van der Waals surface area (Å²) in [6.45, 7) is 1.39. The average molecular weight is 287 g/mol. The maximum atomic E-state index is 11.3. The van der Waals surface area contributed by atoms with E-state index in [1.165, 1.54) is 6.92 Å². The van der Waals surface area contributed by atoms with Crippen LogP contribution in [-0.2, 0) is 4.79 Å². The molecule has 0 saturated carbocycles. The second kappa shape index (κ2) is 5.50. The molecule has 0 heterocycles. The van der Waals surface area contributed by atoms with Crippen LogP contribution >= 0.6 is 15.9 Å². The molecule has 1 aromatic rings. The van der Waals surface area contributed by atoms with Crippen molar-refractivity contribution in [2.45, 2.75) is 13.0 Å². The van der Waals surface area contributed by atoms with Crippen molar-refractivity contribution in [1.82, 2.24) is 5.32 Å². The number of nitrogens with one attached hydrogen (secondary N) is 2. The Morgan fingerprint density at radius 3 is 2.38 bits per heavy atom. The maximum absolute atomic E-state index is 11.3. The minimum Gasteiger partial charge on any atom is -0.480 e. The van der Waals surface area contributed by atoms with Gasteiger partial charge in [0.25, 0.3) is 0 Å². The summed E-state index contributed by atoms with van der Waals surface area (Å²) < 4.78 is 0.900. The number of rotatable bonds is 3. The standard InChI is InChI=1S/C10H11BrN2O3/c1-6(9(14)15)12-10(16)13-8-4-2-7(11)3-5-8/h2-6H,1H3,(H,14,15)(H2,12,13,16)/t6-/m0/s1. The Balaban J connectivity index is 2.52. The van der Waals surface area contributed by atoms with Crippen molar-refractivity contribution >= 4 is 33.6 Å². The summed E-state index contributed by atoms with van der Waals surface area (Å²) in [5.41, 5.74) is 0.596. The van der Waals surface area contributed by atoms with E-state index in [-0.39, 0.29) is 0 Å². The number of carboxylic acids is 1. The molecule has 1 rings (SSSR count). The number of carbonyl (C=O) groups is 2. The molecule has 86 valence electrons. The van der Waals surface area contributed by atoms with Crippen LogP contribution in [0.3, 0.4) is 0 Å². The Morgan fingerprint density at radius 1 is 1.31 bits per heavy atom. The Kier molecular flexibility index (Phi) is 4.30. The van der Waals surface area contributed by atoms with Gasteiger partial charge in [0, 0.05) is 10.2 Å². The zero-order valence-corrected chi connectivity index (χ0v) is 10.1. The third-order valence-corrected chi connectivity index (χ3v) is 2.35. The van der Waals surface area contributed by atoms with Crippen molar-refractivity contribution in [1.29, 1.82) is 0 Å². The van der Waals surface area contributed by atoms with Crippen LogP contribution in [0.15, 0.2) is 28.7 Å². The molecule has 0 aliphatic carbocycles. The predicted octanol–water partition coefficient (Wildman–Crippen LogP) is 2.04. The Labute approximate surface area is 101 Å². The number of hydrogen-bond donors (Lipinski definition) is 3. The van der Waals surface area contributed by atoms with Gasteiger partial charge in [-0.2, -0.15) is 0 Å². The first-order valence-electron chi connectivity index (χ1n) is 4.55. The molecule has 0 aliphatic heterocycles. The maximum Gasteiger partial charge on any atom is 0.325 e. The van der Waals surface area contributed by atoms with Crippen LogP contribution in [0.4, 0.5) is 10.5 Å². The van der Waals surface area contributed by atoms with Crippen molar-refractivity contribution in [2.24, 2.45) is 0 Å². The number of urea groups is 1. The Bertz CT molecular complexity index is 392. The third kappa shape index (κ3) is 3.90. The number of carboxylic acid groups (broad SMARTS) is 1. The molecule has 6 heteroatoms. The fourth-order valence-corrected chi connectivity index (χ4v) is 1.22. The fraction of sp³-hybridized carbons (Fsp3) is 0.200. The number of carbonyl (C=O) groups excluding carboxylic acids is 1. The lowest BCUT2D eigenvalue weighted by atomic mass is 10.3. The van der Waals surface area contributed by atoms with E-state index in [1.54, 1.807) is 24.3 Å². The molecule has 0 radical (unpaired) electrons. The van der Waals surface area contributed by atoms with Gasteiger partial charge in [0.05, 0.1) is 0 Å². The largest absolute Gasteiger partial charge is 0.480 e. The van der Waals surface area contributed by atoms with Gasteiger partial charge in [0.1, 0.15) is 6.04 Å². The average Bonchev–Trinajstić information content (AvgIpc) is 2.21. The summed E-state index contributed by atoms with van der Waals surface area (Å²) in [5.74, 6) is -1.08. The lowest BCUT2D eigenvalue weighted by Gasteiger charge is -2.10. The number of halogens is 1. The molecule has 3 N–H and O–H groups in total. The predicted molar refractivity (Wildman–Crippen MR) is 63.4 cm³/mol. The van der Waals surface area contributed by atoms with Gasteiger partial charge in [0.2, 0.25) is 0 Å². The summed E-state index contributed by atoms with van der Waals surface area (Å²) in [4.78, 5) is 21.8. The zero-order valence-electron chi connectivity index (χ0n) is 8.53. The SMILES string of the molecule is C[C@H](NC(=O)Nc1ccc(Br)cc1)C(=O)O. The van der Waals surface area contributed by atoms with Crippen LogP contribution in [0.1, 0.15) is 6.92 Å². The normalized spacial score (nSPS) is 11.6. The lowest BCUT2D eigenvalue weighted by molar-refractivity contribution is -0.138. The number of hydrogen-bond acceptors (Lipinski definition) is 2. The van der Waals surface area contributed by atoms with E-state index in [0.717, 1.165) is 4.47 Å². The van der Waals surface area contributed by atoms with Crippen LogP contribution in [0.5, 0.6) is 0 Å². The van der Waals surface area contributed by atoms with E-state index in [2.05, 4.69) is 26.6 Å². The number of aliphatic carboxylic acids is 1. The Hall–Kier alpha value is -1.56. The first-order chi connectivity index (χ1) is 7.49. The van der Waals surface area contributed by atoms with Gasteiger partial charge in [-0.25, -0.2) is 4.79 Å². The molecule has 0 spiro atoms. The molecule has 5 nitrogen and oxygen atoms in total. The first kappa shape index (κ1) is 12.5. The first-order valence-corrected chi connectivity index (χ1v) is 5.34. The smallest absolute Gasteiger partial charge is 0.325 e. The van der Waals surface area contributed by atoms with Crippen molar-refractivity contribution in [3.05, 3.63) is 28.7 Å². The van der Waals surface area contributed by atoms with Gasteiger partial charge in [0.15, 0.2) is 0 Å². The number of amides is 2. The van der Waals surface area contributed by atoms with Gasteiger partial charge in [-0.05, 0) is 31.2 Å². The molecular formula is C10H11BrN2O3. The van der Waals surface area contributed by atoms with E-state index in [1.807, 2.05) is 0 Å². The highest BCUT2D eigenvalue weighted by Crippen LogP contribution is 2.13. The van der Waals surface area contributed by atoms with Crippen molar-refractivity contribution in [3.8, 4) is 0 Å². The molecule has 16 heavy (non-hydrogen) atoms. The molecule has 0 unspecified atom stereocenters. The van der Waals surface area contributed by atoms with Crippen LogP contribution in [-0.4, -0.2) is 23.1 Å². The molecule has 0 bridgehead atoms. The quantitative estimate of drug-likeness (QED) is 0.796. The summed E-state index contributed by atoms with van der Waals surface area (Å²) in [6, 6.07) is 5.49. The fourth-order valence-electron chi connectivity index (χ4n) is 0.959. The zero-order chi connectivity index (χ0) is 12.1. The molecule has 2 amide bonds. The van der Waals surface area contributed by atoms with Crippen LogP contribution in [0.2, 0.25) is 0 Å². The Morgan fingerprint density at radius 2 is 1.88 bits per heavy atom. The van der Waals surface area contributed by atoms with Gasteiger partial charge < -0.3 is 15.7 Å². The molecule has 0 saturated heterocycles. The van der Waals surface area contributed by atoms with Gasteiger partial charge in [-0.15, -0.1) is 0 Å². The summed E-state index contributed by atoms with van der Waals surface area (Å²) in [5, 5.41) is 13.4. The summed E-state index contributed by atoms with van der Waals surface area (Å²) >= 11 is 3.26. The number of anilines is 1. The van der Waals surface area contributed by atoms with Crippen LogP contribution < -0.4 is 10.6 Å². The second-order valence-electron chi connectivity index (χ2n) is 3.17. The van der Waals surface area contributed by atoms with E-state index < -0.39 is 18.0 Å². The minimum absolute atomic E-state index is 0.544. The van der Waals surface area contributed by atoms with Crippen LogP contribution in [0, 0.1) is 0 Å². The lowest BCUT2D eigenvalue weighted by Crippen LogP contribution is -2.40. The third-order valence-electron chi connectivity index (χ3n) is 1.82. The van der Waals surface area contributed by atoms with E-state index in [9.17, 15) is 9.59 Å². The molecule has 0 aliphatic rings. The molecule has 1 atom stereocenters. The highest BCUT2D eigenvalue weighted by atomic mass is 79.9. The topological polar surface area (TPSA) is 78.4 Å². The van der Waals surface area contributed by atoms with Crippen molar-refractivity contribution in [3.63, 3.8) is 0 Å². The molecule has 0 aromatic heterocycles.